The number of hydrogen-bond donors (Lipinski definition) is 0. The van der Waals surface area contributed by atoms with Crippen LogP contribution in [0.15, 0.2) is 30.3 Å². The molecule has 0 N–H and O–H groups in total. The summed E-state index contributed by atoms with van der Waals surface area (Å²) in [6.07, 6.45) is 1.67. The average Bonchev–Trinajstić information content (AvgIpc) is 3.29. The number of nitrogens with zero attached hydrogens (tertiary/aromatic N) is 2. The molecule has 3 aliphatic rings. The third kappa shape index (κ3) is 3.62. The van der Waals surface area contributed by atoms with E-state index < -0.39 is 29.5 Å². The van der Waals surface area contributed by atoms with Gasteiger partial charge in [-0.25, -0.2) is 8.78 Å². The van der Waals surface area contributed by atoms with Crippen LogP contribution in [0.5, 0.6) is 0 Å². The largest absolute Gasteiger partial charge is 0.342 e. The Labute approximate surface area is 192 Å². The molecule has 2 atom stereocenters. The summed E-state index contributed by atoms with van der Waals surface area (Å²) < 4.78 is 33.9. The molecule has 0 radical (unpaired) electrons. The molecule has 2 amide bonds. The van der Waals surface area contributed by atoms with Gasteiger partial charge in [0.05, 0.1) is 6.04 Å². The minimum Gasteiger partial charge on any atom is -0.342 e. The van der Waals surface area contributed by atoms with Gasteiger partial charge in [0.2, 0.25) is 0 Å². The number of carbonyl (C=O) groups excluding carboxylic acids is 2. The summed E-state index contributed by atoms with van der Waals surface area (Å²) in [6, 6.07) is 6.87. The quantitative estimate of drug-likeness (QED) is 0.667. The summed E-state index contributed by atoms with van der Waals surface area (Å²) in [7, 11) is 0. The first kappa shape index (κ1) is 22.0. The lowest BCUT2D eigenvalue weighted by Crippen LogP contribution is -2.51. The molecule has 3 saturated heterocycles. The van der Waals surface area contributed by atoms with Crippen LogP contribution in [0, 0.1) is 32.4 Å². The summed E-state index contributed by atoms with van der Waals surface area (Å²) in [5.74, 6) is -1.46. The van der Waals surface area contributed by atoms with E-state index >= 15 is 0 Å². The third-order valence-electron chi connectivity index (χ3n) is 7.62. The van der Waals surface area contributed by atoms with Crippen molar-refractivity contribution in [2.24, 2.45) is 0 Å². The van der Waals surface area contributed by atoms with Gasteiger partial charge in [0, 0.05) is 37.6 Å². The number of halogens is 2. The maximum atomic E-state index is 13.8. The van der Waals surface area contributed by atoms with Crippen molar-refractivity contribution in [1.29, 1.82) is 0 Å². The van der Waals surface area contributed by atoms with Crippen molar-refractivity contribution in [1.82, 2.24) is 9.80 Å². The molecule has 0 saturated carbocycles. The Morgan fingerprint density at radius 3 is 2.18 bits per heavy atom. The predicted molar refractivity (Wildman–Crippen MR) is 119 cm³/mol. The molecule has 5 rings (SSSR count). The van der Waals surface area contributed by atoms with Gasteiger partial charge in [0.15, 0.2) is 5.60 Å². The van der Waals surface area contributed by atoms with Gasteiger partial charge < -0.3 is 14.5 Å². The van der Waals surface area contributed by atoms with Crippen LogP contribution >= 0.6 is 0 Å². The summed E-state index contributed by atoms with van der Waals surface area (Å²) >= 11 is 0. The van der Waals surface area contributed by atoms with E-state index in [0.29, 0.717) is 49.9 Å². The second kappa shape index (κ2) is 7.90. The lowest BCUT2D eigenvalue weighted by Gasteiger charge is -2.37. The Bertz CT molecular complexity index is 1100. The molecular weight excluding hydrogens is 426 g/mol. The average molecular weight is 455 g/mol. The SMILES string of the molecule is Cc1cc(C(=O)N2CCC3(CC2)OC2CCC(c4cc(F)cc(F)c4)N2C3=O)cc(C)c1C. The van der Waals surface area contributed by atoms with Crippen molar-refractivity contribution in [3.63, 3.8) is 0 Å². The Balaban J connectivity index is 1.31. The van der Waals surface area contributed by atoms with Crippen LogP contribution in [0.4, 0.5) is 8.78 Å². The number of aryl methyl sites for hydroxylation is 2. The van der Waals surface area contributed by atoms with Gasteiger partial charge in [-0.05, 0) is 80.1 Å². The molecule has 33 heavy (non-hydrogen) atoms. The Morgan fingerprint density at radius 1 is 0.970 bits per heavy atom. The summed E-state index contributed by atoms with van der Waals surface area (Å²) in [5.41, 5.74) is 3.51. The van der Waals surface area contributed by atoms with Gasteiger partial charge in [0.25, 0.3) is 11.8 Å². The molecule has 2 aromatic rings. The van der Waals surface area contributed by atoms with Gasteiger partial charge in [-0.15, -0.1) is 0 Å². The third-order valence-corrected chi connectivity index (χ3v) is 7.62. The fourth-order valence-electron chi connectivity index (χ4n) is 5.55. The molecule has 0 bridgehead atoms. The van der Waals surface area contributed by atoms with E-state index in [4.69, 9.17) is 4.74 Å². The molecule has 3 aliphatic heterocycles. The molecule has 1 spiro atoms. The Morgan fingerprint density at radius 2 is 1.58 bits per heavy atom. The minimum atomic E-state index is -0.967. The molecule has 2 aromatic carbocycles. The summed E-state index contributed by atoms with van der Waals surface area (Å²) in [5, 5.41) is 0. The fourth-order valence-corrected chi connectivity index (χ4v) is 5.55. The van der Waals surface area contributed by atoms with Gasteiger partial charge in [0.1, 0.15) is 17.9 Å². The highest BCUT2D eigenvalue weighted by Gasteiger charge is 2.58. The topological polar surface area (TPSA) is 49.9 Å². The van der Waals surface area contributed by atoms with Crippen LogP contribution in [0.2, 0.25) is 0 Å². The summed E-state index contributed by atoms with van der Waals surface area (Å²) in [4.78, 5) is 30.1. The molecule has 0 aliphatic carbocycles. The van der Waals surface area contributed by atoms with Crippen LogP contribution in [0.3, 0.4) is 0 Å². The van der Waals surface area contributed by atoms with Crippen LogP contribution in [0.1, 0.15) is 64.3 Å². The number of carbonyl (C=O) groups is 2. The van der Waals surface area contributed by atoms with E-state index in [1.807, 2.05) is 32.9 Å². The van der Waals surface area contributed by atoms with Crippen LogP contribution in [-0.4, -0.2) is 46.5 Å². The van der Waals surface area contributed by atoms with E-state index in [9.17, 15) is 18.4 Å². The second-order valence-electron chi connectivity index (χ2n) is 9.60. The first-order chi connectivity index (χ1) is 15.7. The molecule has 3 heterocycles. The van der Waals surface area contributed by atoms with Crippen molar-refractivity contribution in [3.8, 4) is 0 Å². The fraction of sp³-hybridized carbons (Fsp3) is 0.462. The minimum absolute atomic E-state index is 0.0323. The highest BCUT2D eigenvalue weighted by molar-refractivity contribution is 5.95. The van der Waals surface area contributed by atoms with Crippen molar-refractivity contribution in [2.75, 3.05) is 13.1 Å². The van der Waals surface area contributed by atoms with Gasteiger partial charge in [-0.1, -0.05) is 0 Å². The maximum absolute atomic E-state index is 13.8. The molecule has 7 heteroatoms. The number of rotatable bonds is 2. The normalized spacial score (nSPS) is 24.0. The number of hydrogen-bond acceptors (Lipinski definition) is 3. The zero-order chi connectivity index (χ0) is 23.5. The molecule has 174 valence electrons. The maximum Gasteiger partial charge on any atom is 0.257 e. The monoisotopic (exact) mass is 454 g/mol. The number of piperidine rings is 1. The second-order valence-corrected chi connectivity index (χ2v) is 9.60. The molecule has 5 nitrogen and oxygen atoms in total. The van der Waals surface area contributed by atoms with Crippen molar-refractivity contribution in [2.45, 2.75) is 64.3 Å². The zero-order valence-corrected chi connectivity index (χ0v) is 19.2. The summed E-state index contributed by atoms with van der Waals surface area (Å²) in [6.45, 7) is 6.91. The van der Waals surface area contributed by atoms with Crippen molar-refractivity contribution >= 4 is 11.8 Å². The van der Waals surface area contributed by atoms with Crippen LogP contribution in [0.25, 0.3) is 0 Å². The van der Waals surface area contributed by atoms with Crippen LogP contribution < -0.4 is 0 Å². The van der Waals surface area contributed by atoms with Gasteiger partial charge in [-0.2, -0.15) is 0 Å². The smallest absolute Gasteiger partial charge is 0.257 e. The number of likely N-dealkylation sites (tertiary alicyclic amines) is 1. The molecule has 2 unspecified atom stereocenters. The van der Waals surface area contributed by atoms with Crippen molar-refractivity contribution < 1.29 is 23.1 Å². The Hall–Kier alpha value is -2.80. The zero-order valence-electron chi connectivity index (χ0n) is 19.2. The number of fused-ring (bicyclic) bond motifs is 1. The Kier molecular flexibility index (Phi) is 5.27. The first-order valence-corrected chi connectivity index (χ1v) is 11.5. The first-order valence-electron chi connectivity index (χ1n) is 11.5. The highest BCUT2D eigenvalue weighted by atomic mass is 19.1. The number of amides is 2. The van der Waals surface area contributed by atoms with E-state index in [2.05, 4.69) is 0 Å². The van der Waals surface area contributed by atoms with Gasteiger partial charge >= 0.3 is 0 Å². The molecular formula is C26H28F2N2O3. The number of benzene rings is 2. The lowest BCUT2D eigenvalue weighted by molar-refractivity contribution is -0.142. The van der Waals surface area contributed by atoms with Crippen LogP contribution in [-0.2, 0) is 9.53 Å². The molecule has 0 aromatic heterocycles. The van der Waals surface area contributed by atoms with E-state index in [1.54, 1.807) is 9.80 Å². The van der Waals surface area contributed by atoms with E-state index in [-0.39, 0.29) is 11.8 Å². The van der Waals surface area contributed by atoms with Crippen molar-refractivity contribution in [3.05, 3.63) is 69.8 Å². The lowest BCUT2D eigenvalue weighted by atomic mass is 9.89. The number of ether oxygens (including phenoxy) is 1. The standard InChI is InChI=1S/C26H28F2N2O3/c1-15-10-19(11-16(2)17(15)3)24(31)29-8-6-26(7-9-29)25(32)30-22(4-5-23(30)33-26)18-12-20(27)14-21(28)13-18/h10-14,22-23H,4-9H2,1-3H3. The predicted octanol–water partition coefficient (Wildman–Crippen LogP) is 4.58. The highest BCUT2D eigenvalue weighted by Crippen LogP contribution is 2.47. The van der Waals surface area contributed by atoms with E-state index in [1.165, 1.54) is 17.7 Å². The molecule has 3 fully saturated rings. The van der Waals surface area contributed by atoms with Gasteiger partial charge in [-0.3, -0.25) is 9.59 Å². The van der Waals surface area contributed by atoms with E-state index in [0.717, 1.165) is 17.2 Å².